The van der Waals surface area contributed by atoms with Gasteiger partial charge in [-0.05, 0) is 44.9 Å². The van der Waals surface area contributed by atoms with Crippen LogP contribution in [0.4, 0.5) is 0 Å². The molecular formula is C23H34O2. The highest BCUT2D eigenvalue weighted by Gasteiger charge is 1.94. The Hall–Kier alpha value is -2.09. The van der Waals surface area contributed by atoms with Gasteiger partial charge in [-0.1, -0.05) is 79.8 Å². The summed E-state index contributed by atoms with van der Waals surface area (Å²) in [5.74, 6) is -0.184. The van der Waals surface area contributed by atoms with E-state index >= 15 is 0 Å². The number of ether oxygens (including phenoxy) is 1. The minimum absolute atomic E-state index is 0.184. The van der Waals surface area contributed by atoms with Crippen LogP contribution in [-0.2, 0) is 9.53 Å². The Labute approximate surface area is 161 Å². The van der Waals surface area contributed by atoms with E-state index in [1.54, 1.807) is 6.08 Å². The van der Waals surface area contributed by atoms with Crippen molar-refractivity contribution in [2.24, 2.45) is 0 Å². The number of rotatable bonds is 14. The predicted octanol–water partition coefficient (Wildman–Crippen LogP) is 6.64. The van der Waals surface area contributed by atoms with Gasteiger partial charge in [0.05, 0.1) is 7.11 Å². The number of hydrogen-bond acceptors (Lipinski definition) is 2. The average Bonchev–Trinajstić information content (AvgIpc) is 2.68. The summed E-state index contributed by atoms with van der Waals surface area (Å²) in [6.07, 6.45) is 25.9. The molecule has 0 aromatic carbocycles. The smallest absolute Gasteiger partial charge is 0.305 e. The van der Waals surface area contributed by atoms with Gasteiger partial charge in [-0.2, -0.15) is 0 Å². The molecule has 0 spiro atoms. The van der Waals surface area contributed by atoms with Gasteiger partial charge in [-0.3, -0.25) is 4.79 Å². The highest BCUT2D eigenvalue weighted by Crippen LogP contribution is 1.98. The van der Waals surface area contributed by atoms with E-state index in [1.807, 2.05) is 24.3 Å². The molecule has 0 bridgehead atoms. The molecule has 0 aromatic rings. The molecule has 2 heteroatoms. The zero-order valence-electron chi connectivity index (χ0n) is 20.2. The highest BCUT2D eigenvalue weighted by atomic mass is 16.5. The highest BCUT2D eigenvalue weighted by molar-refractivity contribution is 5.69. The second kappa shape index (κ2) is 20.0. The maximum atomic E-state index is 10.9. The molecule has 2 nitrogen and oxygen atoms in total. The molecule has 0 atom stereocenters. The number of carbonyl (C=O) groups excluding carboxylic acids is 1. The molecule has 0 fully saturated rings. The van der Waals surface area contributed by atoms with Crippen molar-refractivity contribution in [3.05, 3.63) is 72.9 Å². The molecule has 0 rings (SSSR count). The number of methoxy groups -OCH3 is 1. The maximum absolute atomic E-state index is 10.9. The minimum atomic E-state index is -2.64. The zero-order valence-corrected chi connectivity index (χ0v) is 15.2. The normalized spacial score (nSPS) is 16.9. The Bertz CT molecular complexity index is 638. The van der Waals surface area contributed by atoms with Gasteiger partial charge in [0.25, 0.3) is 0 Å². The fraction of sp³-hybridized carbons (Fsp3) is 0.435. The van der Waals surface area contributed by atoms with Crippen LogP contribution in [-0.4, -0.2) is 13.1 Å². The predicted molar refractivity (Wildman–Crippen MR) is 109 cm³/mol. The van der Waals surface area contributed by atoms with Crippen LogP contribution in [0.25, 0.3) is 0 Å². The SMILES string of the molecule is [2H]C([2H])([2H])C([2H])([2H])/C=C\C/C=C\C/C=C\C/C=C\C/C=C\C/C=C\CCC(=O)OC. The Morgan fingerprint density at radius 1 is 0.760 bits per heavy atom. The third kappa shape index (κ3) is 19.9. The van der Waals surface area contributed by atoms with E-state index in [4.69, 9.17) is 6.85 Å². The lowest BCUT2D eigenvalue weighted by Gasteiger charge is -1.93. The van der Waals surface area contributed by atoms with Gasteiger partial charge in [-0.15, -0.1) is 0 Å². The van der Waals surface area contributed by atoms with E-state index in [-0.39, 0.29) is 5.97 Å². The Balaban J connectivity index is 3.77. The molecule has 0 aliphatic heterocycles. The number of hydrogen-bond donors (Lipinski definition) is 0. The summed E-state index contributed by atoms with van der Waals surface area (Å²) in [7, 11) is 1.40. The first kappa shape index (κ1) is 15.2. The van der Waals surface area contributed by atoms with E-state index in [0.29, 0.717) is 19.3 Å². The molecule has 0 radical (unpaired) electrons. The Morgan fingerprint density at radius 3 is 1.56 bits per heavy atom. The number of carbonyl (C=O) groups is 1. The van der Waals surface area contributed by atoms with Crippen molar-refractivity contribution in [3.63, 3.8) is 0 Å². The summed E-state index contributed by atoms with van der Waals surface area (Å²) in [4.78, 5) is 10.9. The van der Waals surface area contributed by atoms with Crippen molar-refractivity contribution in [1.82, 2.24) is 0 Å². The Kier molecular flexibility index (Phi) is 12.1. The van der Waals surface area contributed by atoms with E-state index in [1.165, 1.54) is 7.11 Å². The van der Waals surface area contributed by atoms with Crippen molar-refractivity contribution in [2.45, 2.75) is 58.2 Å². The van der Waals surface area contributed by atoms with Gasteiger partial charge >= 0.3 is 5.97 Å². The first-order valence-corrected chi connectivity index (χ1v) is 8.70. The van der Waals surface area contributed by atoms with Crippen LogP contribution < -0.4 is 0 Å². The molecule has 0 saturated carbocycles. The molecule has 0 aromatic heterocycles. The molecule has 0 amide bonds. The van der Waals surface area contributed by atoms with Crippen molar-refractivity contribution in [1.29, 1.82) is 0 Å². The number of allylic oxidation sites excluding steroid dienone is 12. The Morgan fingerprint density at radius 2 is 1.16 bits per heavy atom. The summed E-state index contributed by atoms with van der Waals surface area (Å²) in [6.45, 7) is -2.64. The third-order valence-electron chi connectivity index (χ3n) is 3.14. The fourth-order valence-electron chi connectivity index (χ4n) is 1.81. The molecule has 25 heavy (non-hydrogen) atoms. The molecule has 0 unspecified atom stereocenters. The fourth-order valence-corrected chi connectivity index (χ4v) is 1.81. The summed E-state index contributed by atoms with van der Waals surface area (Å²) >= 11 is 0. The van der Waals surface area contributed by atoms with Gasteiger partial charge in [0.2, 0.25) is 0 Å². The van der Waals surface area contributed by atoms with Crippen LogP contribution in [0.1, 0.15) is 65.0 Å². The molecular weight excluding hydrogens is 308 g/mol. The van der Waals surface area contributed by atoms with Gasteiger partial charge in [0.1, 0.15) is 0 Å². The summed E-state index contributed by atoms with van der Waals surface area (Å²) in [6, 6.07) is 0. The summed E-state index contributed by atoms with van der Waals surface area (Å²) < 4.78 is 40.8. The first-order valence-electron chi connectivity index (χ1n) is 11.2. The first-order chi connectivity index (χ1) is 14.2. The molecule has 0 N–H and O–H groups in total. The van der Waals surface area contributed by atoms with Crippen LogP contribution in [0.2, 0.25) is 0 Å². The van der Waals surface area contributed by atoms with Crippen LogP contribution >= 0.6 is 0 Å². The second-order valence-corrected chi connectivity index (χ2v) is 5.20. The van der Waals surface area contributed by atoms with Crippen LogP contribution in [0.3, 0.4) is 0 Å². The van der Waals surface area contributed by atoms with Crippen molar-refractivity contribution < 1.29 is 16.4 Å². The van der Waals surface area contributed by atoms with Crippen molar-refractivity contribution in [2.75, 3.05) is 7.11 Å². The van der Waals surface area contributed by atoms with E-state index in [0.717, 1.165) is 31.8 Å². The van der Waals surface area contributed by atoms with Gasteiger partial charge in [0, 0.05) is 13.3 Å². The lowest BCUT2D eigenvalue weighted by Crippen LogP contribution is -1.97. The second-order valence-electron chi connectivity index (χ2n) is 5.20. The lowest BCUT2D eigenvalue weighted by molar-refractivity contribution is -0.140. The van der Waals surface area contributed by atoms with Crippen molar-refractivity contribution >= 4 is 5.97 Å². The summed E-state index contributed by atoms with van der Waals surface area (Å²) in [5.41, 5.74) is 0. The van der Waals surface area contributed by atoms with Crippen molar-refractivity contribution in [3.8, 4) is 0 Å². The standard InChI is InChI=1S/C23H34O2/c1-3-4-5-6-7-8-9-10-11-12-13-14-15-16-17-18-19-20-21-22-23(24)25-2/h4-5,7-8,10-11,13-14,16-17,19-20H,3,6,9,12,15,18,21-22H2,1-2H3/b5-4-,8-7-,11-10-,14-13-,17-16-,20-19-/i1D3,3D2. The van der Waals surface area contributed by atoms with E-state index in [9.17, 15) is 4.79 Å². The molecule has 0 aliphatic carbocycles. The molecule has 0 saturated heterocycles. The van der Waals surface area contributed by atoms with Gasteiger partial charge < -0.3 is 4.74 Å². The largest absolute Gasteiger partial charge is 0.469 e. The lowest BCUT2D eigenvalue weighted by atomic mass is 10.2. The molecule has 0 heterocycles. The van der Waals surface area contributed by atoms with E-state index < -0.39 is 13.2 Å². The van der Waals surface area contributed by atoms with Crippen LogP contribution in [0.5, 0.6) is 0 Å². The van der Waals surface area contributed by atoms with E-state index in [2.05, 4.69) is 41.2 Å². The molecule has 0 aliphatic rings. The topological polar surface area (TPSA) is 26.3 Å². The maximum Gasteiger partial charge on any atom is 0.305 e. The minimum Gasteiger partial charge on any atom is -0.469 e. The monoisotopic (exact) mass is 347 g/mol. The van der Waals surface area contributed by atoms with Gasteiger partial charge in [0.15, 0.2) is 0 Å². The average molecular weight is 348 g/mol. The zero-order chi connectivity index (χ0) is 22.7. The van der Waals surface area contributed by atoms with Crippen LogP contribution in [0, 0.1) is 0 Å². The number of esters is 1. The van der Waals surface area contributed by atoms with Gasteiger partial charge in [-0.25, -0.2) is 0 Å². The molecule has 138 valence electrons. The quantitative estimate of drug-likeness (QED) is 0.260. The van der Waals surface area contributed by atoms with Crippen LogP contribution in [0.15, 0.2) is 72.9 Å². The summed E-state index contributed by atoms with van der Waals surface area (Å²) in [5, 5.41) is 0. The third-order valence-corrected chi connectivity index (χ3v) is 3.14.